The van der Waals surface area contributed by atoms with E-state index >= 15 is 0 Å². The number of rotatable bonds is 3. The number of carbonyl (C=O) groups excluding carboxylic acids is 1. The third kappa shape index (κ3) is 4.16. The molecular formula is C19H14BrF3N2O2. The number of nitrogens with one attached hydrogen (secondary N) is 1. The van der Waals surface area contributed by atoms with Gasteiger partial charge in [-0.05, 0) is 64.8 Å². The number of furan rings is 1. The monoisotopic (exact) mass is 438 g/mol. The molecule has 0 unspecified atom stereocenters. The molecule has 1 heterocycles. The Bertz CT molecular complexity index is 989. The van der Waals surface area contributed by atoms with Crippen LogP contribution in [0.3, 0.4) is 0 Å². The van der Waals surface area contributed by atoms with Crippen molar-refractivity contribution in [3.8, 4) is 11.3 Å². The maximum Gasteiger partial charge on any atom is 0.416 e. The highest BCUT2D eigenvalue weighted by Gasteiger charge is 2.30. The molecular weight excluding hydrogens is 425 g/mol. The van der Waals surface area contributed by atoms with Crippen molar-refractivity contribution in [2.75, 3.05) is 11.1 Å². The Morgan fingerprint density at radius 3 is 2.56 bits per heavy atom. The summed E-state index contributed by atoms with van der Waals surface area (Å²) in [6.45, 7) is 1.78. The smallest absolute Gasteiger partial charge is 0.416 e. The van der Waals surface area contributed by atoms with Gasteiger partial charge < -0.3 is 15.5 Å². The normalized spacial score (nSPS) is 11.4. The molecule has 0 aliphatic carbocycles. The van der Waals surface area contributed by atoms with Crippen LogP contribution >= 0.6 is 15.9 Å². The fraction of sp³-hybridized carbons (Fsp3) is 0.105. The summed E-state index contributed by atoms with van der Waals surface area (Å²) in [5, 5.41) is 2.71. The van der Waals surface area contributed by atoms with Crippen LogP contribution in [0.25, 0.3) is 11.3 Å². The van der Waals surface area contributed by atoms with Gasteiger partial charge in [-0.2, -0.15) is 13.2 Å². The van der Waals surface area contributed by atoms with E-state index in [9.17, 15) is 18.0 Å². The van der Waals surface area contributed by atoms with E-state index in [1.165, 1.54) is 24.3 Å². The van der Waals surface area contributed by atoms with Crippen molar-refractivity contribution in [1.29, 1.82) is 0 Å². The lowest BCUT2D eigenvalue weighted by molar-refractivity contribution is -0.137. The molecule has 0 fully saturated rings. The highest BCUT2D eigenvalue weighted by Crippen LogP contribution is 2.33. The van der Waals surface area contributed by atoms with Crippen molar-refractivity contribution in [2.24, 2.45) is 0 Å². The fourth-order valence-corrected chi connectivity index (χ4v) is 3.24. The second-order valence-corrected chi connectivity index (χ2v) is 6.75. The van der Waals surface area contributed by atoms with Crippen LogP contribution in [0.4, 0.5) is 24.5 Å². The van der Waals surface area contributed by atoms with E-state index in [1.54, 1.807) is 19.1 Å². The SMILES string of the molecule is Cc1cc(N)cc(Br)c1NC(=O)c1ccc(-c2cccc(C(F)(F)F)c2)o1. The first-order valence-electron chi connectivity index (χ1n) is 7.79. The van der Waals surface area contributed by atoms with Crippen molar-refractivity contribution in [2.45, 2.75) is 13.1 Å². The van der Waals surface area contributed by atoms with Crippen molar-refractivity contribution in [3.63, 3.8) is 0 Å². The first-order chi connectivity index (χ1) is 12.6. The lowest BCUT2D eigenvalue weighted by Crippen LogP contribution is -2.12. The quantitative estimate of drug-likeness (QED) is 0.502. The van der Waals surface area contributed by atoms with Crippen LogP contribution in [0, 0.1) is 6.92 Å². The third-order valence-electron chi connectivity index (χ3n) is 3.85. The number of nitrogen functional groups attached to an aromatic ring is 1. The average molecular weight is 439 g/mol. The zero-order valence-corrected chi connectivity index (χ0v) is 15.6. The lowest BCUT2D eigenvalue weighted by Gasteiger charge is -2.10. The van der Waals surface area contributed by atoms with E-state index in [4.69, 9.17) is 10.2 Å². The Morgan fingerprint density at radius 1 is 1.15 bits per heavy atom. The molecule has 140 valence electrons. The summed E-state index contributed by atoms with van der Waals surface area (Å²) < 4.78 is 44.6. The molecule has 0 aliphatic heterocycles. The highest BCUT2D eigenvalue weighted by atomic mass is 79.9. The van der Waals surface area contributed by atoms with Crippen LogP contribution in [-0.4, -0.2) is 5.91 Å². The van der Waals surface area contributed by atoms with Crippen molar-refractivity contribution in [3.05, 3.63) is 69.9 Å². The number of amides is 1. The molecule has 3 rings (SSSR count). The van der Waals surface area contributed by atoms with Crippen LogP contribution in [0.15, 0.2) is 57.4 Å². The summed E-state index contributed by atoms with van der Waals surface area (Å²) in [6, 6.07) is 10.9. The van der Waals surface area contributed by atoms with Crippen molar-refractivity contribution < 1.29 is 22.4 Å². The number of benzene rings is 2. The van der Waals surface area contributed by atoms with Crippen LogP contribution < -0.4 is 11.1 Å². The number of hydrogen-bond acceptors (Lipinski definition) is 3. The van der Waals surface area contributed by atoms with Crippen LogP contribution in [-0.2, 0) is 6.18 Å². The number of alkyl halides is 3. The van der Waals surface area contributed by atoms with Gasteiger partial charge in [-0.15, -0.1) is 0 Å². The number of nitrogens with two attached hydrogens (primary N) is 1. The maximum atomic E-state index is 12.9. The Labute approximate surface area is 161 Å². The summed E-state index contributed by atoms with van der Waals surface area (Å²) in [7, 11) is 0. The molecule has 0 atom stereocenters. The van der Waals surface area contributed by atoms with Crippen LogP contribution in [0.1, 0.15) is 21.7 Å². The van der Waals surface area contributed by atoms with E-state index in [-0.39, 0.29) is 17.1 Å². The Morgan fingerprint density at radius 2 is 1.89 bits per heavy atom. The molecule has 0 bridgehead atoms. The summed E-state index contributed by atoms with van der Waals surface area (Å²) >= 11 is 3.34. The van der Waals surface area contributed by atoms with Gasteiger partial charge in [0, 0.05) is 15.7 Å². The van der Waals surface area contributed by atoms with E-state index < -0.39 is 17.6 Å². The van der Waals surface area contributed by atoms with Crippen molar-refractivity contribution in [1.82, 2.24) is 0 Å². The van der Waals surface area contributed by atoms with E-state index in [1.807, 2.05) is 0 Å². The second kappa shape index (κ2) is 7.11. The van der Waals surface area contributed by atoms with Gasteiger partial charge in [0.15, 0.2) is 5.76 Å². The second-order valence-electron chi connectivity index (χ2n) is 5.89. The minimum atomic E-state index is -4.46. The number of halogens is 4. The molecule has 0 aliphatic rings. The van der Waals surface area contributed by atoms with Crippen LogP contribution in [0.5, 0.6) is 0 Å². The zero-order chi connectivity index (χ0) is 19.8. The van der Waals surface area contributed by atoms with E-state index in [0.29, 0.717) is 15.8 Å². The van der Waals surface area contributed by atoms with Gasteiger partial charge in [0.25, 0.3) is 5.91 Å². The summed E-state index contributed by atoms with van der Waals surface area (Å²) in [4.78, 5) is 12.4. The molecule has 3 N–H and O–H groups in total. The maximum absolute atomic E-state index is 12.9. The number of anilines is 2. The van der Waals surface area contributed by atoms with Gasteiger partial charge >= 0.3 is 6.18 Å². The molecule has 27 heavy (non-hydrogen) atoms. The molecule has 2 aromatic carbocycles. The lowest BCUT2D eigenvalue weighted by atomic mass is 10.1. The molecule has 0 radical (unpaired) electrons. The van der Waals surface area contributed by atoms with Gasteiger partial charge in [0.2, 0.25) is 0 Å². The summed E-state index contributed by atoms with van der Waals surface area (Å²) in [6.07, 6.45) is -4.46. The number of carbonyl (C=O) groups is 1. The van der Waals surface area contributed by atoms with Gasteiger partial charge in [0.05, 0.1) is 11.3 Å². The number of aryl methyl sites for hydroxylation is 1. The first-order valence-corrected chi connectivity index (χ1v) is 8.59. The third-order valence-corrected chi connectivity index (χ3v) is 4.48. The Kier molecular flexibility index (Phi) is 5.01. The topological polar surface area (TPSA) is 68.3 Å². The molecule has 3 aromatic rings. The highest BCUT2D eigenvalue weighted by molar-refractivity contribution is 9.10. The molecule has 0 spiro atoms. The van der Waals surface area contributed by atoms with Gasteiger partial charge in [-0.1, -0.05) is 12.1 Å². The number of hydrogen-bond donors (Lipinski definition) is 2. The first kappa shape index (κ1) is 19.0. The van der Waals surface area contributed by atoms with Crippen LogP contribution in [0.2, 0.25) is 0 Å². The molecule has 1 amide bonds. The molecule has 8 heteroatoms. The van der Waals surface area contributed by atoms with Gasteiger partial charge in [-0.3, -0.25) is 4.79 Å². The standard InChI is InChI=1S/C19H14BrF3N2O2/c1-10-7-13(24)9-14(20)17(10)25-18(26)16-6-5-15(27-16)11-3-2-4-12(8-11)19(21,22)23/h2-9H,24H2,1H3,(H,25,26). The molecule has 0 saturated carbocycles. The van der Waals surface area contributed by atoms with Crippen molar-refractivity contribution >= 4 is 33.2 Å². The van der Waals surface area contributed by atoms with Gasteiger partial charge in [-0.25, -0.2) is 0 Å². The molecule has 1 aromatic heterocycles. The Hall–Kier alpha value is -2.74. The fourth-order valence-electron chi connectivity index (χ4n) is 2.57. The Balaban J connectivity index is 1.85. The summed E-state index contributed by atoms with van der Waals surface area (Å²) in [5.41, 5.74) is 7.01. The largest absolute Gasteiger partial charge is 0.451 e. The van der Waals surface area contributed by atoms with E-state index in [2.05, 4.69) is 21.2 Å². The minimum absolute atomic E-state index is 0.0227. The summed E-state index contributed by atoms with van der Waals surface area (Å²) in [5.74, 6) is -0.383. The molecule has 0 saturated heterocycles. The van der Waals surface area contributed by atoms with Gasteiger partial charge in [0.1, 0.15) is 5.76 Å². The predicted molar refractivity (Wildman–Crippen MR) is 100 cm³/mol. The molecule has 4 nitrogen and oxygen atoms in total. The predicted octanol–water partition coefficient (Wildman–Crippen LogP) is 5.87. The van der Waals surface area contributed by atoms with E-state index in [0.717, 1.165) is 17.7 Å². The minimum Gasteiger partial charge on any atom is -0.451 e. The average Bonchev–Trinajstić information content (AvgIpc) is 3.07. The zero-order valence-electron chi connectivity index (χ0n) is 14.0.